The Kier molecular flexibility index (Phi) is 4.22. The fourth-order valence-corrected chi connectivity index (χ4v) is 2.98. The molecule has 21 heavy (non-hydrogen) atoms. The molecule has 2 heterocycles. The number of aromatic nitrogens is 2. The van der Waals surface area contributed by atoms with Gasteiger partial charge in [0.05, 0.1) is 6.20 Å². The molecule has 0 spiro atoms. The van der Waals surface area contributed by atoms with Gasteiger partial charge in [0.15, 0.2) is 0 Å². The molecule has 1 fully saturated rings. The highest BCUT2D eigenvalue weighted by molar-refractivity contribution is 6.45. The van der Waals surface area contributed by atoms with E-state index in [0.29, 0.717) is 0 Å². The zero-order chi connectivity index (χ0) is 14.7. The molecule has 1 aromatic heterocycles. The molecule has 0 aliphatic carbocycles. The molecule has 1 aliphatic rings. The highest BCUT2D eigenvalue weighted by Crippen LogP contribution is 2.31. The molecule has 1 saturated heterocycles. The number of H-pyrrole nitrogens is 1. The van der Waals surface area contributed by atoms with Crippen molar-refractivity contribution in [2.24, 2.45) is 0 Å². The Balaban J connectivity index is 1.95. The summed E-state index contributed by atoms with van der Waals surface area (Å²) in [6.45, 7) is 3.64. The molecule has 0 amide bonds. The molecular weight excluding hydrogens is 261 g/mol. The molecule has 4 nitrogen and oxygen atoms in total. The van der Waals surface area contributed by atoms with Crippen molar-refractivity contribution < 1.29 is 5.02 Å². The first-order valence-corrected chi connectivity index (χ1v) is 7.44. The van der Waals surface area contributed by atoms with Crippen LogP contribution in [0.5, 0.6) is 0 Å². The summed E-state index contributed by atoms with van der Waals surface area (Å²) in [5.41, 5.74) is 5.11. The third-order valence-corrected chi connectivity index (χ3v) is 4.13. The Morgan fingerprint density at radius 1 is 1.19 bits per heavy atom. The fourth-order valence-electron chi connectivity index (χ4n) is 2.98. The smallest absolute Gasteiger partial charge is 0.376 e. The summed E-state index contributed by atoms with van der Waals surface area (Å²) >= 11 is 0. The maximum absolute atomic E-state index is 9.70. The number of aromatic amines is 1. The van der Waals surface area contributed by atoms with Gasteiger partial charge in [0.1, 0.15) is 0 Å². The highest BCUT2D eigenvalue weighted by Gasteiger charge is 2.23. The predicted molar refractivity (Wildman–Crippen MR) is 85.7 cm³/mol. The third-order valence-electron chi connectivity index (χ3n) is 4.13. The monoisotopic (exact) mass is 281 g/mol. The molecule has 1 aromatic carbocycles. The Morgan fingerprint density at radius 3 is 2.48 bits per heavy atom. The van der Waals surface area contributed by atoms with Gasteiger partial charge in [-0.25, -0.2) is 0 Å². The number of benzene rings is 1. The van der Waals surface area contributed by atoms with Crippen molar-refractivity contribution in [2.75, 3.05) is 13.1 Å². The highest BCUT2D eigenvalue weighted by atomic mass is 16.2. The molecule has 2 aromatic rings. The first kappa shape index (κ1) is 14.1. The molecule has 1 aliphatic heterocycles. The van der Waals surface area contributed by atoms with Crippen LogP contribution in [0.2, 0.25) is 6.82 Å². The van der Waals surface area contributed by atoms with E-state index in [-0.39, 0.29) is 7.05 Å². The van der Waals surface area contributed by atoms with Gasteiger partial charge in [0, 0.05) is 11.8 Å². The molecular formula is C16H20BN3O. The van der Waals surface area contributed by atoms with Crippen molar-refractivity contribution in [1.29, 1.82) is 0 Å². The van der Waals surface area contributed by atoms with Crippen molar-refractivity contribution in [3.63, 3.8) is 0 Å². The lowest BCUT2D eigenvalue weighted by molar-refractivity contribution is 0.345. The number of piperidine rings is 1. The fraction of sp³-hybridized carbons (Fsp3) is 0.312. The van der Waals surface area contributed by atoms with Gasteiger partial charge in [-0.1, -0.05) is 35.9 Å². The number of nitrogens with zero attached hydrogens (tertiary/aromatic N) is 2. The Labute approximate surface area is 125 Å². The average Bonchev–Trinajstić information content (AvgIpc) is 3.03. The normalized spacial score (nSPS) is 16.0. The number of rotatable bonds is 3. The van der Waals surface area contributed by atoms with Crippen LogP contribution in [0.25, 0.3) is 5.57 Å². The molecule has 0 radical (unpaired) electrons. The zero-order valence-corrected chi connectivity index (χ0v) is 12.3. The van der Waals surface area contributed by atoms with Crippen LogP contribution in [-0.2, 0) is 0 Å². The molecule has 108 valence electrons. The van der Waals surface area contributed by atoms with Crippen LogP contribution in [0.15, 0.2) is 48.3 Å². The first-order valence-electron chi connectivity index (χ1n) is 7.44. The van der Waals surface area contributed by atoms with E-state index in [1.807, 2.05) is 25.3 Å². The van der Waals surface area contributed by atoms with E-state index in [9.17, 15) is 5.02 Å². The van der Waals surface area contributed by atoms with Crippen LogP contribution in [-0.4, -0.2) is 40.2 Å². The zero-order valence-electron chi connectivity index (χ0n) is 12.3. The lowest BCUT2D eigenvalue weighted by Gasteiger charge is -2.30. The predicted octanol–water partition coefficient (Wildman–Crippen LogP) is 2.42. The average molecular weight is 281 g/mol. The van der Waals surface area contributed by atoms with Crippen LogP contribution in [0.3, 0.4) is 0 Å². The van der Waals surface area contributed by atoms with Gasteiger partial charge in [0.2, 0.25) is 0 Å². The topological polar surface area (TPSA) is 52.1 Å². The summed E-state index contributed by atoms with van der Waals surface area (Å²) < 4.78 is 0. The van der Waals surface area contributed by atoms with Gasteiger partial charge < -0.3 is 9.83 Å². The van der Waals surface area contributed by atoms with Crippen LogP contribution in [0.1, 0.15) is 24.0 Å². The molecule has 0 atom stereocenters. The molecule has 2 N–H and O–H groups in total. The first-order chi connectivity index (χ1) is 10.3. The number of nitrogens with one attached hydrogen (secondary N) is 1. The lowest BCUT2D eigenvalue weighted by atomic mass is 9.80. The summed E-state index contributed by atoms with van der Waals surface area (Å²) in [7, 11) is -0.361. The largest absolute Gasteiger partial charge is 0.437 e. The quantitative estimate of drug-likeness (QED) is 0.849. The van der Waals surface area contributed by atoms with Crippen molar-refractivity contribution in [3.8, 4) is 0 Å². The van der Waals surface area contributed by atoms with E-state index in [1.165, 1.54) is 16.7 Å². The van der Waals surface area contributed by atoms with E-state index in [0.717, 1.165) is 31.5 Å². The standard InChI is InChI=1S/C16H20BN3O/c1-17(21)20-9-7-14(8-10-20)16(15-11-18-19-12-15)13-5-3-2-4-6-13/h2-6,11-12,21H,7-10H2,1H3,(H,18,19). The van der Waals surface area contributed by atoms with Gasteiger partial charge in [-0.3, -0.25) is 5.10 Å². The SMILES string of the molecule is CB(O)N1CCC(=C(c2ccccc2)c2cn[nH]c2)CC1. The van der Waals surface area contributed by atoms with Crippen molar-refractivity contribution in [2.45, 2.75) is 19.7 Å². The van der Waals surface area contributed by atoms with E-state index in [2.05, 4.69) is 39.3 Å². The summed E-state index contributed by atoms with van der Waals surface area (Å²) in [6.07, 6.45) is 5.81. The minimum Gasteiger partial charge on any atom is -0.437 e. The minimum absolute atomic E-state index is 0.361. The van der Waals surface area contributed by atoms with Gasteiger partial charge in [0.25, 0.3) is 0 Å². The van der Waals surface area contributed by atoms with Crippen LogP contribution in [0, 0.1) is 0 Å². The molecule has 0 bridgehead atoms. The molecule has 5 heteroatoms. The molecule has 0 saturated carbocycles. The third kappa shape index (κ3) is 3.09. The second-order valence-corrected chi connectivity index (χ2v) is 5.50. The Morgan fingerprint density at radius 2 is 1.90 bits per heavy atom. The number of hydrogen-bond acceptors (Lipinski definition) is 3. The van der Waals surface area contributed by atoms with Gasteiger partial charge in [-0.2, -0.15) is 5.10 Å². The molecule has 0 unspecified atom stereocenters. The number of hydrogen-bond donors (Lipinski definition) is 2. The van der Waals surface area contributed by atoms with Crippen LogP contribution in [0.4, 0.5) is 0 Å². The van der Waals surface area contributed by atoms with E-state index < -0.39 is 0 Å². The van der Waals surface area contributed by atoms with E-state index in [1.54, 1.807) is 0 Å². The van der Waals surface area contributed by atoms with Crippen LogP contribution >= 0.6 is 0 Å². The minimum atomic E-state index is -0.361. The summed E-state index contributed by atoms with van der Waals surface area (Å²) in [5.74, 6) is 0. The Hall–Kier alpha value is -1.85. The van der Waals surface area contributed by atoms with Gasteiger partial charge >= 0.3 is 7.05 Å². The lowest BCUT2D eigenvalue weighted by Crippen LogP contribution is -2.41. The van der Waals surface area contributed by atoms with Crippen molar-refractivity contribution >= 4 is 12.6 Å². The second-order valence-electron chi connectivity index (χ2n) is 5.50. The summed E-state index contributed by atoms with van der Waals surface area (Å²) in [5, 5.41) is 16.7. The molecule has 3 rings (SSSR count). The Bertz CT molecular complexity index is 598. The maximum atomic E-state index is 9.70. The second kappa shape index (κ2) is 6.29. The van der Waals surface area contributed by atoms with Crippen molar-refractivity contribution in [3.05, 3.63) is 59.4 Å². The summed E-state index contributed by atoms with van der Waals surface area (Å²) in [6, 6.07) is 10.5. The van der Waals surface area contributed by atoms with E-state index in [4.69, 9.17) is 0 Å². The summed E-state index contributed by atoms with van der Waals surface area (Å²) in [4.78, 5) is 2.11. The van der Waals surface area contributed by atoms with Gasteiger partial charge in [-0.05, 0) is 43.9 Å². The van der Waals surface area contributed by atoms with Crippen LogP contribution < -0.4 is 0 Å². The van der Waals surface area contributed by atoms with E-state index >= 15 is 0 Å². The maximum Gasteiger partial charge on any atom is 0.376 e. The van der Waals surface area contributed by atoms with Gasteiger partial charge in [-0.15, -0.1) is 0 Å². The van der Waals surface area contributed by atoms with Crippen molar-refractivity contribution in [1.82, 2.24) is 15.0 Å².